The maximum atomic E-state index is 11.1. The second kappa shape index (κ2) is 4.55. The Bertz CT molecular complexity index is 399. The van der Waals surface area contributed by atoms with Gasteiger partial charge in [-0.15, -0.1) is 0 Å². The zero-order valence-corrected chi connectivity index (χ0v) is 10.6. The summed E-state index contributed by atoms with van der Waals surface area (Å²) in [5.41, 5.74) is 2.25. The lowest BCUT2D eigenvalue weighted by Gasteiger charge is -2.16. The van der Waals surface area contributed by atoms with E-state index in [1.165, 1.54) is 0 Å². The number of hydrogen-bond donors (Lipinski definition) is 2. The van der Waals surface area contributed by atoms with Crippen LogP contribution in [-0.4, -0.2) is 24.2 Å². The topological polar surface area (TPSA) is 49.3 Å². The number of rotatable bonds is 2. The van der Waals surface area contributed by atoms with Gasteiger partial charge in [-0.1, -0.05) is 22.0 Å². The van der Waals surface area contributed by atoms with E-state index in [0.29, 0.717) is 6.54 Å². The van der Waals surface area contributed by atoms with E-state index in [0.717, 1.165) is 22.1 Å². The van der Waals surface area contributed by atoms with Gasteiger partial charge in [-0.3, -0.25) is 4.79 Å². The summed E-state index contributed by atoms with van der Waals surface area (Å²) < 4.78 is 1.01. The highest BCUT2D eigenvalue weighted by atomic mass is 79.9. The monoisotopic (exact) mass is 283 g/mol. The summed E-state index contributed by atoms with van der Waals surface area (Å²) in [4.78, 5) is 11.1. The van der Waals surface area contributed by atoms with Crippen LogP contribution in [0.1, 0.15) is 17.0 Å². The van der Waals surface area contributed by atoms with Crippen molar-refractivity contribution >= 4 is 21.9 Å². The summed E-state index contributed by atoms with van der Waals surface area (Å²) in [6.45, 7) is 3.32. The van der Waals surface area contributed by atoms with Crippen LogP contribution in [0.15, 0.2) is 22.7 Å². The van der Waals surface area contributed by atoms with Crippen LogP contribution in [0.25, 0.3) is 0 Å². The summed E-state index contributed by atoms with van der Waals surface area (Å²) in [6, 6.07) is 6.11. The standard InChI is InChI=1S/C12H14BrNO2/c1-7-2-8(4-9(13)3-7)10-5-14-6-11(10)12(15)16/h2-4,10-11,14H,5-6H2,1H3,(H,15,16). The lowest BCUT2D eigenvalue weighted by Crippen LogP contribution is -2.21. The Balaban J connectivity index is 2.32. The number of aryl methyl sites for hydroxylation is 1. The number of carboxylic acids is 1. The van der Waals surface area contributed by atoms with Gasteiger partial charge in [0.2, 0.25) is 0 Å². The number of carbonyl (C=O) groups is 1. The molecule has 1 aromatic rings. The summed E-state index contributed by atoms with van der Waals surface area (Å²) in [5, 5.41) is 12.3. The molecule has 2 N–H and O–H groups in total. The van der Waals surface area contributed by atoms with Crippen LogP contribution in [-0.2, 0) is 4.79 Å². The third-order valence-corrected chi connectivity index (χ3v) is 3.48. The highest BCUT2D eigenvalue weighted by molar-refractivity contribution is 9.10. The lowest BCUT2D eigenvalue weighted by molar-refractivity contribution is -0.141. The van der Waals surface area contributed by atoms with Crippen molar-refractivity contribution < 1.29 is 9.90 Å². The van der Waals surface area contributed by atoms with Crippen molar-refractivity contribution in [2.75, 3.05) is 13.1 Å². The van der Waals surface area contributed by atoms with Crippen LogP contribution >= 0.6 is 15.9 Å². The van der Waals surface area contributed by atoms with Gasteiger partial charge in [0.05, 0.1) is 5.92 Å². The van der Waals surface area contributed by atoms with Gasteiger partial charge in [0.15, 0.2) is 0 Å². The second-order valence-corrected chi connectivity index (χ2v) is 5.19. The summed E-state index contributed by atoms with van der Waals surface area (Å²) in [5.74, 6) is -0.949. The number of carboxylic acid groups (broad SMARTS) is 1. The minimum Gasteiger partial charge on any atom is -0.481 e. The SMILES string of the molecule is Cc1cc(Br)cc(C2CNCC2C(=O)O)c1. The van der Waals surface area contributed by atoms with Gasteiger partial charge in [0.25, 0.3) is 0 Å². The van der Waals surface area contributed by atoms with Crippen LogP contribution in [0.5, 0.6) is 0 Å². The van der Waals surface area contributed by atoms with Gasteiger partial charge in [-0.05, 0) is 30.2 Å². The van der Waals surface area contributed by atoms with Crippen molar-refractivity contribution in [3.63, 3.8) is 0 Å². The van der Waals surface area contributed by atoms with Gasteiger partial charge in [-0.25, -0.2) is 0 Å². The molecule has 1 aliphatic rings. The molecule has 1 saturated heterocycles. The Morgan fingerprint density at radius 1 is 1.44 bits per heavy atom. The average molecular weight is 284 g/mol. The Hall–Kier alpha value is -0.870. The lowest BCUT2D eigenvalue weighted by atomic mass is 9.88. The van der Waals surface area contributed by atoms with E-state index in [1.54, 1.807) is 0 Å². The predicted molar refractivity (Wildman–Crippen MR) is 65.6 cm³/mol. The molecule has 0 aliphatic carbocycles. The molecule has 2 unspecified atom stereocenters. The van der Waals surface area contributed by atoms with Crippen molar-refractivity contribution in [1.29, 1.82) is 0 Å². The number of halogens is 1. The summed E-state index contributed by atoms with van der Waals surface area (Å²) in [6.07, 6.45) is 0. The molecule has 0 saturated carbocycles. The smallest absolute Gasteiger partial charge is 0.308 e. The Labute approximate surface area is 103 Å². The van der Waals surface area contributed by atoms with Gasteiger partial charge < -0.3 is 10.4 Å². The molecule has 0 spiro atoms. The number of hydrogen-bond acceptors (Lipinski definition) is 2. The molecule has 0 amide bonds. The van der Waals surface area contributed by atoms with Crippen molar-refractivity contribution in [1.82, 2.24) is 5.32 Å². The van der Waals surface area contributed by atoms with E-state index >= 15 is 0 Å². The molecule has 86 valence electrons. The first-order chi connectivity index (χ1) is 7.58. The van der Waals surface area contributed by atoms with Crippen LogP contribution in [0.4, 0.5) is 0 Å². The number of nitrogens with one attached hydrogen (secondary N) is 1. The zero-order valence-electron chi connectivity index (χ0n) is 9.03. The van der Waals surface area contributed by atoms with Gasteiger partial charge in [0, 0.05) is 23.5 Å². The fraction of sp³-hybridized carbons (Fsp3) is 0.417. The van der Waals surface area contributed by atoms with E-state index in [1.807, 2.05) is 19.1 Å². The fourth-order valence-electron chi connectivity index (χ4n) is 2.27. The maximum absolute atomic E-state index is 11.1. The van der Waals surface area contributed by atoms with Crippen molar-refractivity contribution in [2.45, 2.75) is 12.8 Å². The normalized spacial score (nSPS) is 24.6. The van der Waals surface area contributed by atoms with E-state index in [9.17, 15) is 4.79 Å². The van der Waals surface area contributed by atoms with Crippen LogP contribution in [0.2, 0.25) is 0 Å². The highest BCUT2D eigenvalue weighted by Gasteiger charge is 2.33. The van der Waals surface area contributed by atoms with E-state index < -0.39 is 5.97 Å². The molecule has 1 fully saturated rings. The van der Waals surface area contributed by atoms with Gasteiger partial charge in [0.1, 0.15) is 0 Å². The van der Waals surface area contributed by atoms with Gasteiger partial charge >= 0.3 is 5.97 Å². The Morgan fingerprint density at radius 3 is 2.81 bits per heavy atom. The third-order valence-electron chi connectivity index (χ3n) is 3.02. The number of aliphatic carboxylic acids is 1. The van der Waals surface area contributed by atoms with Crippen LogP contribution in [0.3, 0.4) is 0 Å². The first-order valence-electron chi connectivity index (χ1n) is 5.28. The Kier molecular flexibility index (Phi) is 3.30. The Morgan fingerprint density at radius 2 is 2.19 bits per heavy atom. The molecule has 0 radical (unpaired) electrons. The molecule has 2 rings (SSSR count). The molecule has 1 aromatic carbocycles. The highest BCUT2D eigenvalue weighted by Crippen LogP contribution is 2.30. The molecule has 2 atom stereocenters. The minimum absolute atomic E-state index is 0.0775. The molecule has 1 heterocycles. The molecular formula is C12H14BrNO2. The zero-order chi connectivity index (χ0) is 11.7. The van der Waals surface area contributed by atoms with Crippen molar-refractivity contribution in [2.24, 2.45) is 5.92 Å². The van der Waals surface area contributed by atoms with E-state index in [-0.39, 0.29) is 11.8 Å². The minimum atomic E-state index is -0.715. The third kappa shape index (κ3) is 2.28. The van der Waals surface area contributed by atoms with E-state index in [2.05, 4.69) is 27.3 Å². The first kappa shape index (κ1) is 11.6. The van der Waals surface area contributed by atoms with Crippen LogP contribution in [0, 0.1) is 12.8 Å². The van der Waals surface area contributed by atoms with Gasteiger partial charge in [-0.2, -0.15) is 0 Å². The molecule has 1 aliphatic heterocycles. The molecular weight excluding hydrogens is 270 g/mol. The van der Waals surface area contributed by atoms with Crippen molar-refractivity contribution in [3.05, 3.63) is 33.8 Å². The fourth-order valence-corrected chi connectivity index (χ4v) is 2.89. The molecule has 4 heteroatoms. The first-order valence-corrected chi connectivity index (χ1v) is 6.08. The molecule has 3 nitrogen and oxygen atoms in total. The predicted octanol–water partition coefficient (Wildman–Crippen LogP) is 2.15. The quantitative estimate of drug-likeness (QED) is 0.874. The van der Waals surface area contributed by atoms with E-state index in [4.69, 9.17) is 5.11 Å². The summed E-state index contributed by atoms with van der Waals surface area (Å²) >= 11 is 3.45. The van der Waals surface area contributed by atoms with Crippen LogP contribution < -0.4 is 5.32 Å². The second-order valence-electron chi connectivity index (χ2n) is 4.27. The average Bonchev–Trinajstić information content (AvgIpc) is 2.63. The summed E-state index contributed by atoms with van der Waals surface area (Å²) in [7, 11) is 0. The maximum Gasteiger partial charge on any atom is 0.308 e. The largest absolute Gasteiger partial charge is 0.481 e. The molecule has 0 bridgehead atoms. The molecule has 0 aromatic heterocycles. The number of benzene rings is 1. The van der Waals surface area contributed by atoms with Crippen molar-refractivity contribution in [3.8, 4) is 0 Å². The molecule has 16 heavy (non-hydrogen) atoms.